The normalized spacial score (nSPS) is 25.3. The number of hydrogen-bond donors (Lipinski definition) is 0. The molecular formula is C14H21N3OS. The molecule has 5 heteroatoms. The highest BCUT2D eigenvalue weighted by Gasteiger charge is 2.27. The lowest BCUT2D eigenvalue weighted by molar-refractivity contribution is 0.0968. The zero-order valence-electron chi connectivity index (χ0n) is 11.7. The van der Waals surface area contributed by atoms with E-state index in [4.69, 9.17) is 0 Å². The first kappa shape index (κ1) is 13.1. The van der Waals surface area contributed by atoms with E-state index in [0.29, 0.717) is 12.5 Å². The van der Waals surface area contributed by atoms with Crippen molar-refractivity contribution in [1.82, 2.24) is 9.88 Å². The van der Waals surface area contributed by atoms with E-state index >= 15 is 0 Å². The van der Waals surface area contributed by atoms with E-state index in [0.717, 1.165) is 43.3 Å². The molecule has 2 aliphatic rings. The maximum Gasteiger partial charge on any atom is 0.186 e. The molecule has 0 N–H and O–H groups in total. The first-order valence-electron chi connectivity index (χ1n) is 7.13. The summed E-state index contributed by atoms with van der Waals surface area (Å²) in [6.45, 7) is 5.51. The van der Waals surface area contributed by atoms with Crippen LogP contribution in [0.25, 0.3) is 0 Å². The Balaban J connectivity index is 1.87. The summed E-state index contributed by atoms with van der Waals surface area (Å²) in [7, 11) is 2.18. The molecule has 19 heavy (non-hydrogen) atoms. The predicted octanol–water partition coefficient (Wildman–Crippen LogP) is 2.19. The van der Waals surface area contributed by atoms with Crippen LogP contribution in [0, 0.1) is 0 Å². The van der Waals surface area contributed by atoms with Crippen LogP contribution in [-0.4, -0.2) is 48.4 Å². The van der Waals surface area contributed by atoms with Crippen LogP contribution in [0.4, 0.5) is 5.13 Å². The van der Waals surface area contributed by atoms with Gasteiger partial charge in [0.25, 0.3) is 0 Å². The van der Waals surface area contributed by atoms with Crippen LogP contribution < -0.4 is 4.90 Å². The summed E-state index contributed by atoms with van der Waals surface area (Å²) in [5.41, 5.74) is 0.760. The largest absolute Gasteiger partial charge is 0.344 e. The van der Waals surface area contributed by atoms with E-state index in [1.807, 2.05) is 0 Å². The monoisotopic (exact) mass is 279 g/mol. The van der Waals surface area contributed by atoms with Gasteiger partial charge in [-0.3, -0.25) is 4.79 Å². The molecular weight excluding hydrogens is 258 g/mol. The number of nitrogens with zero attached hydrogens (tertiary/aromatic N) is 3. The van der Waals surface area contributed by atoms with Crippen molar-refractivity contribution in [3.8, 4) is 0 Å². The summed E-state index contributed by atoms with van der Waals surface area (Å²) in [5.74, 6) is 0.239. The number of hydrogen-bond acceptors (Lipinski definition) is 5. The number of ketones is 1. The Bertz CT molecular complexity index is 485. The Morgan fingerprint density at radius 1 is 1.26 bits per heavy atom. The van der Waals surface area contributed by atoms with E-state index in [2.05, 4.69) is 28.8 Å². The molecule has 1 saturated heterocycles. The second-order valence-electron chi connectivity index (χ2n) is 5.70. The summed E-state index contributed by atoms with van der Waals surface area (Å²) in [6.07, 6.45) is 3.86. The molecule has 0 bridgehead atoms. The molecule has 0 amide bonds. The fourth-order valence-corrected chi connectivity index (χ4v) is 4.28. The summed E-state index contributed by atoms with van der Waals surface area (Å²) in [5, 5.41) is 1.06. The highest BCUT2D eigenvalue weighted by atomic mass is 32.1. The summed E-state index contributed by atoms with van der Waals surface area (Å²) in [6, 6.07) is 0.468. The average molecular weight is 279 g/mol. The van der Waals surface area contributed by atoms with Crippen molar-refractivity contribution in [2.45, 2.75) is 38.6 Å². The molecule has 0 spiro atoms. The van der Waals surface area contributed by atoms with Gasteiger partial charge in [0.05, 0.1) is 0 Å². The van der Waals surface area contributed by atoms with Crippen molar-refractivity contribution < 1.29 is 4.79 Å². The van der Waals surface area contributed by atoms with E-state index in [1.54, 1.807) is 11.3 Å². The quantitative estimate of drug-likeness (QED) is 0.789. The number of likely N-dealkylation sites (N-methyl/N-ethyl adjacent to an activating group) is 1. The molecule has 2 heterocycles. The summed E-state index contributed by atoms with van der Waals surface area (Å²) >= 11 is 1.74. The number of aryl methyl sites for hydroxylation is 1. The van der Waals surface area contributed by atoms with E-state index in [-0.39, 0.29) is 5.78 Å². The highest BCUT2D eigenvalue weighted by Crippen LogP contribution is 2.33. The van der Waals surface area contributed by atoms with E-state index in [9.17, 15) is 4.79 Å². The summed E-state index contributed by atoms with van der Waals surface area (Å²) in [4.78, 5) is 22.5. The van der Waals surface area contributed by atoms with Crippen LogP contribution in [-0.2, 0) is 6.42 Å². The fraction of sp³-hybridized carbons (Fsp3) is 0.714. The molecule has 4 nitrogen and oxygen atoms in total. The molecule has 1 fully saturated rings. The van der Waals surface area contributed by atoms with E-state index in [1.165, 1.54) is 11.3 Å². The van der Waals surface area contributed by atoms with Crippen molar-refractivity contribution in [3.05, 3.63) is 10.6 Å². The lowest BCUT2D eigenvalue weighted by atomic mass is 10.0. The number of carbonyl (C=O) groups is 1. The number of aromatic nitrogens is 1. The van der Waals surface area contributed by atoms with Crippen LogP contribution in [0.15, 0.2) is 0 Å². The van der Waals surface area contributed by atoms with Crippen molar-refractivity contribution in [2.75, 3.05) is 31.6 Å². The van der Waals surface area contributed by atoms with Gasteiger partial charge in [0.2, 0.25) is 0 Å². The van der Waals surface area contributed by atoms with Gasteiger partial charge in [-0.1, -0.05) is 0 Å². The molecule has 104 valence electrons. The van der Waals surface area contributed by atoms with Gasteiger partial charge < -0.3 is 9.80 Å². The second-order valence-corrected chi connectivity index (χ2v) is 6.77. The predicted molar refractivity (Wildman–Crippen MR) is 78.3 cm³/mol. The molecule has 1 aliphatic heterocycles. The third-order valence-corrected chi connectivity index (χ3v) is 5.20. The van der Waals surface area contributed by atoms with Gasteiger partial charge in [-0.15, -0.1) is 11.3 Å². The Morgan fingerprint density at radius 3 is 2.89 bits per heavy atom. The second kappa shape index (κ2) is 5.21. The minimum absolute atomic E-state index is 0.239. The molecule has 1 aromatic rings. The van der Waals surface area contributed by atoms with Crippen molar-refractivity contribution in [2.24, 2.45) is 0 Å². The van der Waals surface area contributed by atoms with Gasteiger partial charge in [-0.25, -0.2) is 4.98 Å². The molecule has 0 radical (unpaired) electrons. The van der Waals surface area contributed by atoms with Gasteiger partial charge >= 0.3 is 0 Å². The zero-order chi connectivity index (χ0) is 13.4. The van der Waals surface area contributed by atoms with Crippen LogP contribution in [0.3, 0.4) is 0 Å². The Morgan fingerprint density at radius 2 is 2.11 bits per heavy atom. The van der Waals surface area contributed by atoms with Crippen molar-refractivity contribution >= 4 is 22.3 Å². The van der Waals surface area contributed by atoms with E-state index < -0.39 is 0 Å². The van der Waals surface area contributed by atoms with Gasteiger partial charge in [0.15, 0.2) is 10.9 Å². The first-order valence-corrected chi connectivity index (χ1v) is 7.95. The minimum Gasteiger partial charge on any atom is -0.344 e. The lowest BCUT2D eigenvalue weighted by Crippen LogP contribution is -2.37. The minimum atomic E-state index is 0.239. The SMILES string of the molecule is CC1CN(C)CCCN1c1nc2c(s1)CCCC2=O. The van der Waals surface area contributed by atoms with Crippen LogP contribution in [0.2, 0.25) is 0 Å². The van der Waals surface area contributed by atoms with Gasteiger partial charge in [-0.05, 0) is 39.8 Å². The Hall–Kier alpha value is -0.940. The van der Waals surface area contributed by atoms with Crippen LogP contribution >= 0.6 is 11.3 Å². The molecule has 1 aliphatic carbocycles. The first-order chi connectivity index (χ1) is 9.15. The molecule has 1 unspecified atom stereocenters. The number of thiazole rings is 1. The molecule has 0 saturated carbocycles. The maximum absolute atomic E-state index is 11.9. The number of Topliss-reactive ketones (excluding diaryl/α,β-unsaturated/α-hetero) is 1. The zero-order valence-corrected chi connectivity index (χ0v) is 12.5. The van der Waals surface area contributed by atoms with Gasteiger partial charge in [-0.2, -0.15) is 0 Å². The molecule has 1 atom stereocenters. The average Bonchev–Trinajstić information content (AvgIpc) is 2.72. The Labute approximate surface area is 118 Å². The van der Waals surface area contributed by atoms with Crippen LogP contribution in [0.1, 0.15) is 41.6 Å². The van der Waals surface area contributed by atoms with Gasteiger partial charge in [0.1, 0.15) is 5.69 Å². The molecule has 3 rings (SSSR count). The number of rotatable bonds is 1. The number of anilines is 1. The molecule has 0 aromatic carbocycles. The standard InChI is InChI=1S/C14H21N3OS/c1-10-9-16(2)7-4-8-17(10)14-15-13-11(18)5-3-6-12(13)19-14/h10H,3-9H2,1-2H3. The number of fused-ring (bicyclic) bond motifs is 1. The molecule has 1 aromatic heterocycles. The third-order valence-electron chi connectivity index (χ3n) is 4.05. The smallest absolute Gasteiger partial charge is 0.186 e. The topological polar surface area (TPSA) is 36.4 Å². The van der Waals surface area contributed by atoms with Crippen LogP contribution in [0.5, 0.6) is 0 Å². The maximum atomic E-state index is 11.9. The number of carbonyl (C=O) groups excluding carboxylic acids is 1. The highest BCUT2D eigenvalue weighted by molar-refractivity contribution is 7.16. The Kier molecular flexibility index (Phi) is 3.58. The summed E-state index contributed by atoms with van der Waals surface area (Å²) < 4.78 is 0. The fourth-order valence-electron chi connectivity index (χ4n) is 3.03. The van der Waals surface area contributed by atoms with Crippen molar-refractivity contribution in [1.29, 1.82) is 0 Å². The third kappa shape index (κ3) is 2.54. The van der Waals surface area contributed by atoms with Crippen molar-refractivity contribution in [3.63, 3.8) is 0 Å². The lowest BCUT2D eigenvalue weighted by Gasteiger charge is -2.27. The van der Waals surface area contributed by atoms with Gasteiger partial charge in [0, 0.05) is 30.4 Å².